The van der Waals surface area contributed by atoms with Gasteiger partial charge in [-0.1, -0.05) is 26.0 Å². The maximum atomic E-state index is 12.4. The highest BCUT2D eigenvalue weighted by Gasteiger charge is 2.11. The maximum Gasteiger partial charge on any atom is 0.266 e. The van der Waals surface area contributed by atoms with Crippen LogP contribution in [0.1, 0.15) is 19.4 Å². The molecule has 0 aliphatic carbocycles. The smallest absolute Gasteiger partial charge is 0.266 e. The van der Waals surface area contributed by atoms with Crippen molar-refractivity contribution in [3.05, 3.63) is 47.8 Å². The third-order valence-corrected chi connectivity index (χ3v) is 4.20. The molecule has 1 heterocycles. The van der Waals surface area contributed by atoms with Crippen LogP contribution in [0.3, 0.4) is 0 Å². The second-order valence-electron chi connectivity index (χ2n) is 5.92. The van der Waals surface area contributed by atoms with Gasteiger partial charge in [0.05, 0.1) is 25.5 Å². The van der Waals surface area contributed by atoms with Gasteiger partial charge in [-0.15, -0.1) is 0 Å². The van der Waals surface area contributed by atoms with Crippen molar-refractivity contribution in [3.8, 4) is 11.8 Å². The zero-order valence-corrected chi connectivity index (χ0v) is 16.0. The molecule has 0 radical (unpaired) electrons. The predicted molar refractivity (Wildman–Crippen MR) is 105 cm³/mol. The number of aromatic nitrogens is 2. The van der Waals surface area contributed by atoms with Gasteiger partial charge in [0, 0.05) is 12.7 Å². The lowest BCUT2D eigenvalue weighted by molar-refractivity contribution is -0.112. The van der Waals surface area contributed by atoms with Crippen LogP contribution < -0.4 is 10.1 Å². The first-order valence-electron chi connectivity index (χ1n) is 8.91. The summed E-state index contributed by atoms with van der Waals surface area (Å²) in [6.45, 7) is 7.85. The van der Waals surface area contributed by atoms with E-state index in [1.165, 1.54) is 6.08 Å². The number of benzene rings is 1. The molecule has 1 aromatic heterocycles. The number of nitrogens with one attached hydrogen (secondary N) is 1. The van der Waals surface area contributed by atoms with E-state index >= 15 is 0 Å². The van der Waals surface area contributed by atoms with E-state index in [4.69, 9.17) is 4.74 Å². The van der Waals surface area contributed by atoms with Crippen molar-refractivity contribution in [1.29, 1.82) is 5.26 Å². The van der Waals surface area contributed by atoms with E-state index in [-0.39, 0.29) is 5.57 Å². The number of likely N-dealkylation sites (N-methyl/N-ethyl adjacent to an activating group) is 1. The van der Waals surface area contributed by atoms with Crippen LogP contribution in [0.4, 0.5) is 5.69 Å². The Balaban J connectivity index is 2.02. The number of nitrogens with zero attached hydrogens (tertiary/aromatic N) is 4. The lowest BCUT2D eigenvalue weighted by atomic mass is 10.1. The summed E-state index contributed by atoms with van der Waals surface area (Å²) in [5, 5.41) is 16.3. The summed E-state index contributed by atoms with van der Waals surface area (Å²) < 4.78 is 6.94. The van der Waals surface area contributed by atoms with Crippen LogP contribution in [-0.4, -0.2) is 47.3 Å². The molecular formula is C20H25N5O2. The van der Waals surface area contributed by atoms with Gasteiger partial charge in [-0.25, -0.2) is 0 Å². The minimum absolute atomic E-state index is 0.0131. The van der Waals surface area contributed by atoms with Gasteiger partial charge in [-0.3, -0.25) is 9.48 Å². The molecule has 0 saturated carbocycles. The Morgan fingerprint density at radius 3 is 2.85 bits per heavy atom. The first-order valence-corrected chi connectivity index (χ1v) is 8.91. The molecule has 0 aliphatic heterocycles. The SMILES string of the molecule is CCN(CC)CCn1cc(NC(=O)/C(C#N)=C/c2cccc(OC)c2)cn1. The standard InChI is InChI=1S/C20H25N5O2/c1-4-24(5-2)9-10-25-15-18(14-22-25)23-20(26)17(13-21)11-16-7-6-8-19(12-16)27-3/h6-8,11-12,14-15H,4-5,9-10H2,1-3H3,(H,23,26)/b17-11+. The average Bonchev–Trinajstić information content (AvgIpc) is 3.14. The molecule has 7 nitrogen and oxygen atoms in total. The molecule has 1 N–H and O–H groups in total. The van der Waals surface area contributed by atoms with Crippen LogP contribution in [-0.2, 0) is 11.3 Å². The summed E-state index contributed by atoms with van der Waals surface area (Å²) in [7, 11) is 1.57. The van der Waals surface area contributed by atoms with Crippen molar-refractivity contribution in [2.24, 2.45) is 0 Å². The van der Waals surface area contributed by atoms with Crippen molar-refractivity contribution in [1.82, 2.24) is 14.7 Å². The van der Waals surface area contributed by atoms with Gasteiger partial charge >= 0.3 is 0 Å². The van der Waals surface area contributed by atoms with Crippen LogP contribution in [0.5, 0.6) is 5.75 Å². The molecule has 142 valence electrons. The lowest BCUT2D eigenvalue weighted by Gasteiger charge is -2.17. The van der Waals surface area contributed by atoms with Gasteiger partial charge in [0.2, 0.25) is 0 Å². The van der Waals surface area contributed by atoms with Crippen LogP contribution in [0.15, 0.2) is 42.2 Å². The average molecular weight is 367 g/mol. The topological polar surface area (TPSA) is 83.2 Å². The van der Waals surface area contributed by atoms with Gasteiger partial charge in [-0.05, 0) is 36.9 Å². The number of ether oxygens (including phenoxy) is 1. The first kappa shape index (κ1) is 20.2. The van der Waals surface area contributed by atoms with Crippen molar-refractivity contribution in [3.63, 3.8) is 0 Å². The van der Waals surface area contributed by atoms with Gasteiger partial charge in [0.25, 0.3) is 5.91 Å². The van der Waals surface area contributed by atoms with Crippen LogP contribution in [0.25, 0.3) is 6.08 Å². The molecule has 0 fully saturated rings. The number of anilines is 1. The summed E-state index contributed by atoms with van der Waals surface area (Å²) in [6.07, 6.45) is 4.88. The van der Waals surface area contributed by atoms with E-state index in [1.807, 2.05) is 6.07 Å². The summed E-state index contributed by atoms with van der Waals surface area (Å²) >= 11 is 0. The third kappa shape index (κ3) is 5.97. The molecule has 0 atom stereocenters. The van der Waals surface area contributed by atoms with Crippen LogP contribution in [0.2, 0.25) is 0 Å². The molecule has 0 aliphatic rings. The number of rotatable bonds is 9. The Morgan fingerprint density at radius 2 is 2.19 bits per heavy atom. The second kappa shape index (κ2) is 10.1. The quantitative estimate of drug-likeness (QED) is 0.544. The Labute approximate surface area is 159 Å². The number of hydrogen-bond acceptors (Lipinski definition) is 5. The summed E-state index contributed by atoms with van der Waals surface area (Å²) in [6, 6.07) is 9.11. The summed E-state index contributed by atoms with van der Waals surface area (Å²) in [5.41, 5.74) is 1.29. The zero-order chi connectivity index (χ0) is 19.6. The highest BCUT2D eigenvalue weighted by atomic mass is 16.5. The molecule has 0 spiro atoms. The molecule has 7 heteroatoms. The predicted octanol–water partition coefficient (Wildman–Crippen LogP) is 2.78. The Hall–Kier alpha value is -3.11. The zero-order valence-electron chi connectivity index (χ0n) is 16.0. The molecule has 0 saturated heterocycles. The van der Waals surface area contributed by atoms with Gasteiger partial charge < -0.3 is 15.0 Å². The van der Waals surface area contributed by atoms with Gasteiger partial charge in [0.1, 0.15) is 17.4 Å². The summed E-state index contributed by atoms with van der Waals surface area (Å²) in [5.74, 6) is 0.194. The number of methoxy groups -OCH3 is 1. The highest BCUT2D eigenvalue weighted by Crippen LogP contribution is 2.16. The number of hydrogen-bond donors (Lipinski definition) is 1. The molecule has 1 aromatic carbocycles. The fourth-order valence-electron chi connectivity index (χ4n) is 2.58. The highest BCUT2D eigenvalue weighted by molar-refractivity contribution is 6.09. The third-order valence-electron chi connectivity index (χ3n) is 4.20. The molecule has 0 bridgehead atoms. The lowest BCUT2D eigenvalue weighted by Crippen LogP contribution is -2.27. The monoisotopic (exact) mass is 367 g/mol. The molecule has 2 aromatic rings. The van der Waals surface area contributed by atoms with Gasteiger partial charge in [-0.2, -0.15) is 10.4 Å². The number of nitriles is 1. The first-order chi connectivity index (χ1) is 13.1. The van der Waals surface area contributed by atoms with Crippen molar-refractivity contribution in [2.75, 3.05) is 32.1 Å². The van der Waals surface area contributed by atoms with E-state index < -0.39 is 5.91 Å². The number of amides is 1. The normalized spacial score (nSPS) is 11.3. The minimum Gasteiger partial charge on any atom is -0.497 e. The second-order valence-corrected chi connectivity index (χ2v) is 5.92. The number of carbonyl (C=O) groups excluding carboxylic acids is 1. The van der Waals surface area contributed by atoms with Gasteiger partial charge in [0.15, 0.2) is 0 Å². The Bertz CT molecular complexity index is 831. The fraction of sp³-hybridized carbons (Fsp3) is 0.350. The molecule has 1 amide bonds. The fourth-order valence-corrected chi connectivity index (χ4v) is 2.58. The van der Waals surface area contributed by atoms with Crippen LogP contribution in [0, 0.1) is 11.3 Å². The Kier molecular flexibility index (Phi) is 7.59. The van der Waals surface area contributed by atoms with E-state index in [2.05, 4.69) is 29.2 Å². The number of carbonyl (C=O) groups is 1. The minimum atomic E-state index is -0.469. The largest absolute Gasteiger partial charge is 0.497 e. The van der Waals surface area contributed by atoms with E-state index in [0.717, 1.165) is 31.7 Å². The molecule has 27 heavy (non-hydrogen) atoms. The molecule has 2 rings (SSSR count). The van der Waals surface area contributed by atoms with E-state index in [9.17, 15) is 10.1 Å². The Morgan fingerprint density at radius 1 is 1.41 bits per heavy atom. The van der Waals surface area contributed by atoms with Crippen molar-refractivity contribution < 1.29 is 9.53 Å². The summed E-state index contributed by atoms with van der Waals surface area (Å²) in [4.78, 5) is 14.7. The van der Waals surface area contributed by atoms with Crippen molar-refractivity contribution in [2.45, 2.75) is 20.4 Å². The van der Waals surface area contributed by atoms with Crippen molar-refractivity contribution >= 4 is 17.7 Å². The maximum absolute atomic E-state index is 12.4. The molecular weight excluding hydrogens is 342 g/mol. The van der Waals surface area contributed by atoms with E-state index in [1.54, 1.807) is 48.5 Å². The van der Waals surface area contributed by atoms with E-state index in [0.29, 0.717) is 11.4 Å². The van der Waals surface area contributed by atoms with Crippen LogP contribution >= 0.6 is 0 Å². The molecule has 0 unspecified atom stereocenters.